The number of allylic oxidation sites excluding steroid dienone is 1. The smallest absolute Gasteiger partial charge is 0.141 e. The van der Waals surface area contributed by atoms with Gasteiger partial charge in [-0.3, -0.25) is 0 Å². The number of halogens is 4. The van der Waals surface area contributed by atoms with Crippen LogP contribution in [0.15, 0.2) is 54.6 Å². The van der Waals surface area contributed by atoms with Crippen LogP contribution in [0, 0.1) is 17.0 Å². The van der Waals surface area contributed by atoms with Crippen LogP contribution >= 0.6 is 23.2 Å². The molecule has 0 bridgehead atoms. The van der Waals surface area contributed by atoms with E-state index in [2.05, 4.69) is 9.97 Å². The molecule has 0 aliphatic carbocycles. The van der Waals surface area contributed by atoms with E-state index in [0.717, 1.165) is 6.07 Å². The number of hydrogen-bond donors (Lipinski definition) is 3. The van der Waals surface area contributed by atoms with E-state index < -0.39 is 5.82 Å². The highest BCUT2D eigenvalue weighted by atomic mass is 35.5. The third-order valence-electron chi connectivity index (χ3n) is 4.52. The van der Waals surface area contributed by atoms with Crippen LogP contribution in [-0.4, -0.2) is 15.7 Å². The van der Waals surface area contributed by atoms with Gasteiger partial charge in [-0.25, -0.2) is 13.8 Å². The quantitative estimate of drug-likeness (QED) is 0.249. The summed E-state index contributed by atoms with van der Waals surface area (Å²) in [6.45, 7) is 0. The fourth-order valence-corrected chi connectivity index (χ4v) is 3.30. The Morgan fingerprint density at radius 2 is 1.73 bits per heavy atom. The minimum atomic E-state index is -0.581. The van der Waals surface area contributed by atoms with Crippen LogP contribution in [0.4, 0.5) is 14.5 Å². The molecule has 0 radical (unpaired) electrons. The zero-order chi connectivity index (χ0) is 21.4. The highest BCUT2D eigenvalue weighted by Gasteiger charge is 2.16. The van der Waals surface area contributed by atoms with E-state index in [1.165, 1.54) is 24.3 Å². The maximum Gasteiger partial charge on any atom is 0.141 e. The van der Waals surface area contributed by atoms with Gasteiger partial charge in [-0.05, 0) is 48.0 Å². The first-order valence-corrected chi connectivity index (χ1v) is 9.54. The van der Waals surface area contributed by atoms with Crippen LogP contribution in [0.3, 0.4) is 0 Å². The van der Waals surface area contributed by atoms with Gasteiger partial charge in [-0.15, -0.1) is 0 Å². The molecule has 0 amide bonds. The number of anilines is 1. The largest absolute Gasteiger partial charge is 0.398 e. The Hall–Kier alpha value is -3.22. The van der Waals surface area contributed by atoms with Gasteiger partial charge in [0.25, 0.3) is 0 Å². The van der Waals surface area contributed by atoms with Crippen LogP contribution in [0.5, 0.6) is 0 Å². The average molecular weight is 443 g/mol. The molecule has 0 unspecified atom stereocenters. The van der Waals surface area contributed by atoms with Gasteiger partial charge in [-0.1, -0.05) is 41.4 Å². The van der Waals surface area contributed by atoms with Crippen molar-refractivity contribution in [2.24, 2.45) is 0 Å². The summed E-state index contributed by atoms with van der Waals surface area (Å²) in [5.41, 5.74) is 8.47. The predicted molar refractivity (Wildman–Crippen MR) is 118 cm³/mol. The Balaban J connectivity index is 1.72. The van der Waals surface area contributed by atoms with E-state index in [4.69, 9.17) is 34.3 Å². The second-order valence-electron chi connectivity index (χ2n) is 6.59. The highest BCUT2D eigenvalue weighted by Crippen LogP contribution is 2.31. The molecule has 4 aromatic rings. The van der Waals surface area contributed by atoms with E-state index in [1.54, 1.807) is 30.3 Å². The molecule has 0 aliphatic heterocycles. The summed E-state index contributed by atoms with van der Waals surface area (Å²) < 4.78 is 27.7. The Morgan fingerprint density at radius 3 is 2.47 bits per heavy atom. The van der Waals surface area contributed by atoms with Crippen molar-refractivity contribution in [3.05, 3.63) is 87.4 Å². The van der Waals surface area contributed by atoms with Crippen molar-refractivity contribution >= 4 is 51.7 Å². The lowest BCUT2D eigenvalue weighted by Gasteiger charge is -2.08. The van der Waals surface area contributed by atoms with Gasteiger partial charge >= 0.3 is 0 Å². The third-order valence-corrected chi connectivity index (χ3v) is 5.24. The van der Waals surface area contributed by atoms with Crippen LogP contribution in [0.1, 0.15) is 11.1 Å². The van der Waals surface area contributed by atoms with Crippen molar-refractivity contribution < 1.29 is 8.78 Å². The van der Waals surface area contributed by atoms with Crippen molar-refractivity contribution in [2.45, 2.75) is 0 Å². The molecule has 0 spiro atoms. The molecule has 30 heavy (non-hydrogen) atoms. The van der Waals surface area contributed by atoms with Gasteiger partial charge in [0.05, 0.1) is 32.4 Å². The molecule has 1 aromatic heterocycles. The number of benzene rings is 3. The number of nitrogens with zero attached hydrogens (tertiary/aromatic N) is 1. The number of nitrogens with one attached hydrogen (secondary N) is 2. The average Bonchev–Trinajstić information content (AvgIpc) is 3.10. The Bertz CT molecular complexity index is 1270. The summed E-state index contributed by atoms with van der Waals surface area (Å²) in [7, 11) is 0. The number of nitrogen functional groups attached to an aromatic ring is 1. The standard InChI is InChI=1S/C22H14Cl2F2N4/c23-15-8-20-21(9-16(15)24)30-22(29-20)13-7-14(19(28)10-17(13)26)18(27)6-3-11-1-4-12(25)5-2-11/h1-10,27H,28H2,(H,29,30)/b6-3+,27-18?. The summed E-state index contributed by atoms with van der Waals surface area (Å²) in [5.74, 6) is -0.664. The monoisotopic (exact) mass is 442 g/mol. The maximum atomic E-state index is 14.6. The van der Waals surface area contributed by atoms with E-state index in [1.807, 2.05) is 0 Å². The molecule has 4 nitrogen and oxygen atoms in total. The normalized spacial score (nSPS) is 11.5. The molecular weight excluding hydrogens is 429 g/mol. The summed E-state index contributed by atoms with van der Waals surface area (Å²) in [5, 5.41) is 9.02. The molecule has 0 saturated carbocycles. The van der Waals surface area contributed by atoms with Crippen molar-refractivity contribution in [1.29, 1.82) is 5.41 Å². The Labute approximate surface area is 180 Å². The van der Waals surface area contributed by atoms with Gasteiger partial charge in [0, 0.05) is 11.3 Å². The zero-order valence-corrected chi connectivity index (χ0v) is 16.8. The first kappa shape index (κ1) is 20.1. The van der Waals surface area contributed by atoms with Gasteiger partial charge < -0.3 is 16.1 Å². The second-order valence-corrected chi connectivity index (χ2v) is 7.40. The fourth-order valence-electron chi connectivity index (χ4n) is 2.98. The first-order valence-electron chi connectivity index (χ1n) is 8.78. The number of H-pyrrole nitrogens is 1. The third kappa shape index (κ3) is 3.92. The molecule has 3 aromatic carbocycles. The lowest BCUT2D eigenvalue weighted by molar-refractivity contribution is 0.627. The Morgan fingerprint density at radius 1 is 1.03 bits per heavy atom. The van der Waals surface area contributed by atoms with Crippen molar-refractivity contribution in [1.82, 2.24) is 9.97 Å². The lowest BCUT2D eigenvalue weighted by Crippen LogP contribution is -2.03. The van der Waals surface area contributed by atoms with Crippen molar-refractivity contribution in [3.63, 3.8) is 0 Å². The Kier molecular flexibility index (Phi) is 5.28. The van der Waals surface area contributed by atoms with Crippen LogP contribution < -0.4 is 5.73 Å². The first-order chi connectivity index (χ1) is 14.3. The SMILES string of the molecule is N=C(/C=C/c1ccc(F)cc1)c1cc(-c2nc3cc(Cl)c(Cl)cc3[nH]2)c(F)cc1N. The van der Waals surface area contributed by atoms with Crippen LogP contribution in [0.25, 0.3) is 28.5 Å². The van der Waals surface area contributed by atoms with Crippen molar-refractivity contribution in [3.8, 4) is 11.4 Å². The molecule has 1 heterocycles. The zero-order valence-electron chi connectivity index (χ0n) is 15.3. The predicted octanol–water partition coefficient (Wildman–Crippen LogP) is 6.48. The number of hydrogen-bond acceptors (Lipinski definition) is 3. The minimum absolute atomic E-state index is 0.0697. The molecule has 4 rings (SSSR count). The van der Waals surface area contributed by atoms with Crippen LogP contribution in [0.2, 0.25) is 10.0 Å². The lowest BCUT2D eigenvalue weighted by atomic mass is 10.0. The number of aromatic amines is 1. The number of rotatable bonds is 4. The maximum absolute atomic E-state index is 14.6. The number of imidazole rings is 1. The number of nitrogens with two attached hydrogens (primary N) is 1. The minimum Gasteiger partial charge on any atom is -0.398 e. The van der Waals surface area contributed by atoms with E-state index >= 15 is 0 Å². The summed E-state index contributed by atoms with van der Waals surface area (Å²) in [6, 6.07) is 11.6. The highest BCUT2D eigenvalue weighted by molar-refractivity contribution is 6.42. The number of aromatic nitrogens is 2. The van der Waals surface area contributed by atoms with Gasteiger partial charge in [0.2, 0.25) is 0 Å². The van der Waals surface area contributed by atoms with Gasteiger partial charge in [0.15, 0.2) is 0 Å². The van der Waals surface area contributed by atoms with Gasteiger partial charge in [-0.2, -0.15) is 0 Å². The van der Waals surface area contributed by atoms with Crippen LogP contribution in [-0.2, 0) is 0 Å². The molecule has 4 N–H and O–H groups in total. The van der Waals surface area contributed by atoms with E-state index in [9.17, 15) is 8.78 Å². The summed E-state index contributed by atoms with van der Waals surface area (Å²) >= 11 is 12.1. The summed E-state index contributed by atoms with van der Waals surface area (Å²) in [4.78, 5) is 7.38. The second kappa shape index (κ2) is 7.89. The van der Waals surface area contributed by atoms with Crippen molar-refractivity contribution in [2.75, 3.05) is 5.73 Å². The molecule has 0 fully saturated rings. The van der Waals surface area contributed by atoms with Gasteiger partial charge in [0.1, 0.15) is 17.5 Å². The molecule has 0 atom stereocenters. The molecule has 150 valence electrons. The fraction of sp³-hybridized carbons (Fsp3) is 0. The van der Waals surface area contributed by atoms with E-state index in [-0.39, 0.29) is 28.6 Å². The van der Waals surface area contributed by atoms with E-state index in [0.29, 0.717) is 32.2 Å². The summed E-state index contributed by atoms with van der Waals surface area (Å²) in [6.07, 6.45) is 3.16. The molecule has 8 heteroatoms. The topological polar surface area (TPSA) is 78.5 Å². The molecule has 0 aliphatic rings. The number of fused-ring (bicyclic) bond motifs is 1. The molecular formula is C22H14Cl2F2N4. The molecule has 0 saturated heterocycles.